The number of carbonyl (C=O) groups is 2. The summed E-state index contributed by atoms with van der Waals surface area (Å²) >= 11 is 1.18. The molecule has 2 N–H and O–H groups in total. The molecule has 4 nitrogen and oxygen atoms in total. The van der Waals surface area contributed by atoms with Crippen LogP contribution in [0, 0.1) is 11.8 Å². The van der Waals surface area contributed by atoms with E-state index in [1.165, 1.54) is 11.3 Å². The second kappa shape index (κ2) is 4.90. The number of fused-ring (bicyclic) bond motifs is 1. The molecule has 18 heavy (non-hydrogen) atoms. The first-order valence-electron chi connectivity index (χ1n) is 5.04. The average Bonchev–Trinajstić information content (AvgIpc) is 2.73. The van der Waals surface area contributed by atoms with Crippen LogP contribution in [0.25, 0.3) is 10.1 Å². The van der Waals surface area contributed by atoms with Gasteiger partial charge in [-0.2, -0.15) is 0 Å². The zero-order valence-electron chi connectivity index (χ0n) is 9.14. The summed E-state index contributed by atoms with van der Waals surface area (Å²) in [6.45, 7) is 0. The van der Waals surface area contributed by atoms with Crippen LogP contribution in [0.3, 0.4) is 0 Å². The summed E-state index contributed by atoms with van der Waals surface area (Å²) < 4.78 is 0.828. The van der Waals surface area contributed by atoms with Gasteiger partial charge in [-0.1, -0.05) is 17.9 Å². The third-order valence-corrected chi connectivity index (χ3v) is 3.32. The van der Waals surface area contributed by atoms with E-state index in [0.717, 1.165) is 10.1 Å². The lowest BCUT2D eigenvalue weighted by molar-refractivity contribution is -0.135. The van der Waals surface area contributed by atoms with Gasteiger partial charge in [-0.3, -0.25) is 4.79 Å². The number of carboxylic acid groups (broad SMARTS) is 2. The van der Waals surface area contributed by atoms with Crippen molar-refractivity contribution in [1.82, 2.24) is 0 Å². The maximum absolute atomic E-state index is 10.9. The predicted octanol–water partition coefficient (Wildman–Crippen LogP) is 2.43. The van der Waals surface area contributed by atoms with Crippen LogP contribution in [0.4, 0.5) is 0 Å². The molecule has 0 aliphatic heterocycles. The lowest BCUT2D eigenvalue weighted by Gasteiger charge is -1.92. The standard InChI is InChI=1S/C13H8O4S/c14-12(15)6-2-4-8-3-1-5-10-9(8)7-11(18-10)13(16)17/h1,3,5,7H,6H2,(H,14,15)(H,16,17). The van der Waals surface area contributed by atoms with Crippen LogP contribution in [0.15, 0.2) is 24.3 Å². The van der Waals surface area contributed by atoms with Gasteiger partial charge in [-0.05, 0) is 18.2 Å². The van der Waals surface area contributed by atoms with E-state index in [1.807, 2.05) is 6.07 Å². The molecular formula is C13H8O4S. The summed E-state index contributed by atoms with van der Waals surface area (Å²) in [7, 11) is 0. The topological polar surface area (TPSA) is 74.6 Å². The molecule has 0 saturated carbocycles. The van der Waals surface area contributed by atoms with Gasteiger partial charge in [0, 0.05) is 15.6 Å². The Morgan fingerprint density at radius 2 is 2.06 bits per heavy atom. The molecule has 1 aromatic carbocycles. The van der Waals surface area contributed by atoms with E-state index >= 15 is 0 Å². The van der Waals surface area contributed by atoms with Crippen molar-refractivity contribution in [1.29, 1.82) is 0 Å². The number of aliphatic carboxylic acids is 1. The number of aromatic carboxylic acids is 1. The first-order chi connectivity index (χ1) is 8.58. The van der Waals surface area contributed by atoms with Gasteiger partial charge < -0.3 is 10.2 Å². The van der Waals surface area contributed by atoms with E-state index in [4.69, 9.17) is 10.2 Å². The van der Waals surface area contributed by atoms with Gasteiger partial charge in [-0.15, -0.1) is 11.3 Å². The van der Waals surface area contributed by atoms with Crippen molar-refractivity contribution in [2.24, 2.45) is 0 Å². The smallest absolute Gasteiger partial charge is 0.345 e. The zero-order chi connectivity index (χ0) is 13.1. The Kier molecular flexibility index (Phi) is 3.31. The summed E-state index contributed by atoms with van der Waals surface area (Å²) in [4.78, 5) is 21.5. The van der Waals surface area contributed by atoms with Crippen LogP contribution < -0.4 is 0 Å². The van der Waals surface area contributed by atoms with Crippen LogP contribution in [0.2, 0.25) is 0 Å². The van der Waals surface area contributed by atoms with E-state index in [2.05, 4.69) is 11.8 Å². The number of carboxylic acids is 2. The van der Waals surface area contributed by atoms with Crippen molar-refractivity contribution in [3.8, 4) is 11.8 Å². The number of hydrogen-bond acceptors (Lipinski definition) is 3. The van der Waals surface area contributed by atoms with E-state index < -0.39 is 11.9 Å². The monoisotopic (exact) mass is 260 g/mol. The number of rotatable bonds is 2. The Morgan fingerprint density at radius 3 is 2.72 bits per heavy atom. The summed E-state index contributed by atoms with van der Waals surface area (Å²) in [6, 6.07) is 6.90. The largest absolute Gasteiger partial charge is 0.481 e. The molecule has 0 amide bonds. The molecule has 0 bridgehead atoms. The van der Waals surface area contributed by atoms with Crippen LogP contribution >= 0.6 is 11.3 Å². The Morgan fingerprint density at radius 1 is 1.28 bits per heavy atom. The minimum absolute atomic E-state index is 0.230. The fourth-order valence-electron chi connectivity index (χ4n) is 1.49. The molecule has 1 heterocycles. The lowest BCUT2D eigenvalue weighted by Crippen LogP contribution is -1.90. The summed E-state index contributed by atoms with van der Waals surface area (Å²) in [5, 5.41) is 18.2. The fourth-order valence-corrected chi connectivity index (χ4v) is 2.42. The number of hydrogen-bond donors (Lipinski definition) is 2. The fraction of sp³-hybridized carbons (Fsp3) is 0.0769. The van der Waals surface area contributed by atoms with Crippen LogP contribution in [-0.2, 0) is 4.79 Å². The molecule has 0 aliphatic rings. The van der Waals surface area contributed by atoms with Gasteiger partial charge in [0.25, 0.3) is 0 Å². The van der Waals surface area contributed by atoms with Crippen molar-refractivity contribution in [3.63, 3.8) is 0 Å². The maximum Gasteiger partial charge on any atom is 0.345 e. The summed E-state index contributed by atoms with van der Waals surface area (Å²) in [6.07, 6.45) is -0.230. The van der Waals surface area contributed by atoms with E-state index in [-0.39, 0.29) is 11.3 Å². The highest BCUT2D eigenvalue weighted by Crippen LogP contribution is 2.27. The molecule has 0 saturated heterocycles. The van der Waals surface area contributed by atoms with Crippen molar-refractivity contribution in [3.05, 3.63) is 34.7 Å². The third-order valence-electron chi connectivity index (χ3n) is 2.23. The predicted molar refractivity (Wildman–Crippen MR) is 67.9 cm³/mol. The van der Waals surface area contributed by atoms with Crippen LogP contribution in [0.5, 0.6) is 0 Å². The van der Waals surface area contributed by atoms with Gasteiger partial charge in [0.1, 0.15) is 11.3 Å². The van der Waals surface area contributed by atoms with Crippen molar-refractivity contribution in [2.75, 3.05) is 0 Å². The highest BCUT2D eigenvalue weighted by molar-refractivity contribution is 7.20. The molecule has 2 rings (SSSR count). The van der Waals surface area contributed by atoms with Crippen molar-refractivity contribution >= 4 is 33.4 Å². The van der Waals surface area contributed by atoms with Gasteiger partial charge in [0.05, 0.1) is 0 Å². The van der Waals surface area contributed by atoms with Crippen molar-refractivity contribution < 1.29 is 19.8 Å². The van der Waals surface area contributed by atoms with E-state index in [0.29, 0.717) is 5.56 Å². The molecule has 0 spiro atoms. The highest BCUT2D eigenvalue weighted by atomic mass is 32.1. The Labute approximate surface area is 106 Å². The minimum atomic E-state index is -0.980. The molecule has 2 aromatic rings. The second-order valence-electron chi connectivity index (χ2n) is 3.51. The molecule has 0 fully saturated rings. The lowest BCUT2D eigenvalue weighted by atomic mass is 10.1. The van der Waals surface area contributed by atoms with Crippen LogP contribution in [-0.4, -0.2) is 22.2 Å². The summed E-state index contributed by atoms with van der Waals surface area (Å²) in [5.74, 6) is 3.34. The van der Waals surface area contributed by atoms with E-state index in [1.54, 1.807) is 18.2 Å². The molecule has 0 aliphatic carbocycles. The van der Waals surface area contributed by atoms with Crippen molar-refractivity contribution in [2.45, 2.75) is 6.42 Å². The van der Waals surface area contributed by atoms with Crippen LogP contribution in [0.1, 0.15) is 21.7 Å². The first kappa shape index (κ1) is 12.1. The molecule has 0 radical (unpaired) electrons. The van der Waals surface area contributed by atoms with Gasteiger partial charge in [-0.25, -0.2) is 4.79 Å². The SMILES string of the molecule is O=C(O)CC#Cc1cccc2sc(C(=O)O)cc12. The highest BCUT2D eigenvalue weighted by Gasteiger charge is 2.09. The molecule has 5 heteroatoms. The quantitative estimate of drug-likeness (QED) is 0.813. The van der Waals surface area contributed by atoms with Gasteiger partial charge in [0.2, 0.25) is 0 Å². The molecule has 0 unspecified atom stereocenters. The van der Waals surface area contributed by atoms with E-state index in [9.17, 15) is 9.59 Å². The number of benzene rings is 1. The third kappa shape index (κ3) is 2.50. The molecule has 0 atom stereocenters. The summed E-state index contributed by atoms with van der Waals surface area (Å²) in [5.41, 5.74) is 0.650. The first-order valence-corrected chi connectivity index (χ1v) is 5.86. The molecule has 90 valence electrons. The normalized spacial score (nSPS) is 9.78. The Bertz CT molecular complexity index is 688. The van der Waals surface area contributed by atoms with Gasteiger partial charge in [0.15, 0.2) is 0 Å². The number of thiophene rings is 1. The Balaban J connectivity index is 2.46. The second-order valence-corrected chi connectivity index (χ2v) is 4.59. The average molecular weight is 260 g/mol. The van der Waals surface area contributed by atoms with Gasteiger partial charge >= 0.3 is 11.9 Å². The minimum Gasteiger partial charge on any atom is -0.481 e. The molecular weight excluding hydrogens is 252 g/mol. The molecule has 1 aromatic heterocycles. The zero-order valence-corrected chi connectivity index (χ0v) is 9.95. The maximum atomic E-state index is 10.9. The Hall–Kier alpha value is -2.32.